The molecule has 0 fully saturated rings. The van der Waals surface area contributed by atoms with Crippen LogP contribution in [0.25, 0.3) is 21.8 Å². The van der Waals surface area contributed by atoms with Crippen LogP contribution < -0.4 is 14.9 Å². The quantitative estimate of drug-likeness (QED) is 0.118. The first-order valence-corrected chi connectivity index (χ1v) is 19.0. The third-order valence-electron chi connectivity index (χ3n) is 10.2. The van der Waals surface area contributed by atoms with Crippen molar-refractivity contribution in [1.82, 2.24) is 4.98 Å². The number of nitrogens with zero attached hydrogens (tertiary/aromatic N) is 4. The van der Waals surface area contributed by atoms with E-state index in [1.54, 1.807) is 0 Å². The molecule has 0 amide bonds. The zero-order chi connectivity index (χ0) is 37.4. The Hall–Kier alpha value is -4.09. The van der Waals surface area contributed by atoms with E-state index in [-0.39, 0.29) is 22.4 Å². The number of para-hydroxylation sites is 2. The third-order valence-corrected chi connectivity index (χ3v) is 10.2. The largest absolute Gasteiger partial charge is 0.656 e. The Morgan fingerprint density at radius 3 is 1.36 bits per heavy atom. The molecule has 5 heteroatoms. The average Bonchev–Trinajstić information content (AvgIpc) is 3.71. The minimum atomic E-state index is 0. The SMILES string of the molecule is CC(C)c1cccc(C(C)C)c1N1[CH-]N(c2c(C(C)C)cccc2C(C)C)C(c2ccccc2)=N1.Cc1cc(C)c2[n-]c3c(C)cc(C)cc3c2c1.[Au]. The van der Waals surface area contributed by atoms with Gasteiger partial charge in [-0.3, -0.25) is 0 Å². The molecular weight excluding hydrogens is 830 g/mol. The number of hydrogen-bond donors (Lipinski definition) is 0. The third kappa shape index (κ3) is 8.06. The zero-order valence-electron chi connectivity index (χ0n) is 33.6. The van der Waals surface area contributed by atoms with E-state index in [9.17, 15) is 0 Å². The molecule has 0 bridgehead atoms. The molecule has 0 unspecified atom stereocenters. The second kappa shape index (κ2) is 16.5. The summed E-state index contributed by atoms with van der Waals surface area (Å²) in [5.41, 5.74) is 16.4. The molecule has 0 spiro atoms. The van der Waals surface area contributed by atoms with Crippen molar-refractivity contribution in [1.29, 1.82) is 0 Å². The molecule has 0 aliphatic carbocycles. The van der Waals surface area contributed by atoms with Crippen LogP contribution in [0.15, 0.2) is 96.1 Å². The summed E-state index contributed by atoms with van der Waals surface area (Å²) in [5, 5.41) is 10.0. The van der Waals surface area contributed by atoms with Crippen molar-refractivity contribution in [2.24, 2.45) is 5.10 Å². The second-order valence-electron chi connectivity index (χ2n) is 15.9. The molecule has 2 heterocycles. The van der Waals surface area contributed by atoms with Gasteiger partial charge in [0.2, 0.25) is 0 Å². The molecule has 281 valence electrons. The topological polar surface area (TPSA) is 32.9 Å². The first kappa shape index (κ1) is 40.1. The summed E-state index contributed by atoms with van der Waals surface area (Å²) < 4.78 is 0. The van der Waals surface area contributed by atoms with E-state index < -0.39 is 0 Å². The van der Waals surface area contributed by atoms with Gasteiger partial charge in [-0.1, -0.05) is 169 Å². The van der Waals surface area contributed by atoms with Crippen LogP contribution in [-0.2, 0) is 22.4 Å². The Balaban J connectivity index is 0.000000251. The fourth-order valence-electron chi connectivity index (χ4n) is 7.70. The number of hydrogen-bond acceptors (Lipinski definition) is 3. The van der Waals surface area contributed by atoms with Crippen molar-refractivity contribution in [2.45, 2.75) is 107 Å². The van der Waals surface area contributed by atoms with Gasteiger partial charge in [0, 0.05) is 39.3 Å². The van der Waals surface area contributed by atoms with Gasteiger partial charge >= 0.3 is 0 Å². The normalized spacial score (nSPS) is 13.0. The molecule has 1 aliphatic rings. The number of aryl methyl sites for hydroxylation is 4. The van der Waals surface area contributed by atoms with E-state index in [2.05, 4.69) is 191 Å². The van der Waals surface area contributed by atoms with E-state index in [0.717, 1.165) is 22.4 Å². The molecule has 0 saturated carbocycles. The monoisotopic (exact) mass is 885 g/mol. The fraction of sp³-hybridized carbons (Fsp3) is 0.333. The van der Waals surface area contributed by atoms with Crippen molar-refractivity contribution >= 4 is 39.0 Å². The van der Waals surface area contributed by atoms with Crippen LogP contribution in [0.4, 0.5) is 11.4 Å². The predicted molar refractivity (Wildman–Crippen MR) is 225 cm³/mol. The Bertz CT molecular complexity index is 2130. The van der Waals surface area contributed by atoms with Crippen molar-refractivity contribution in [3.63, 3.8) is 0 Å². The molecule has 4 nitrogen and oxygen atoms in total. The second-order valence-corrected chi connectivity index (χ2v) is 15.9. The summed E-state index contributed by atoms with van der Waals surface area (Å²) in [6.45, 7) is 29.0. The molecule has 7 rings (SSSR count). The summed E-state index contributed by atoms with van der Waals surface area (Å²) in [6.07, 6.45) is 0. The van der Waals surface area contributed by atoms with E-state index in [0.29, 0.717) is 23.7 Å². The maximum atomic E-state index is 5.29. The van der Waals surface area contributed by atoms with Gasteiger partial charge in [0.15, 0.2) is 0 Å². The van der Waals surface area contributed by atoms with Crippen LogP contribution in [-0.4, -0.2) is 5.84 Å². The van der Waals surface area contributed by atoms with E-state index in [4.69, 9.17) is 10.1 Å². The smallest absolute Gasteiger partial charge is 0.129 e. The summed E-state index contributed by atoms with van der Waals surface area (Å²) >= 11 is 0. The number of amidine groups is 1. The zero-order valence-corrected chi connectivity index (χ0v) is 35.8. The minimum Gasteiger partial charge on any atom is -0.656 e. The predicted octanol–water partition coefficient (Wildman–Crippen LogP) is 13.2. The van der Waals surface area contributed by atoms with Gasteiger partial charge in [0.25, 0.3) is 0 Å². The van der Waals surface area contributed by atoms with E-state index in [1.807, 2.05) is 0 Å². The molecule has 1 aromatic heterocycles. The van der Waals surface area contributed by atoms with Crippen molar-refractivity contribution in [3.05, 3.63) is 148 Å². The van der Waals surface area contributed by atoms with Gasteiger partial charge in [-0.2, -0.15) is 5.10 Å². The van der Waals surface area contributed by atoms with Crippen LogP contribution in [0.5, 0.6) is 0 Å². The van der Waals surface area contributed by atoms with Crippen LogP contribution >= 0.6 is 0 Å². The number of hydrazone groups is 1. The molecule has 0 atom stereocenters. The van der Waals surface area contributed by atoms with Crippen LogP contribution in [0, 0.1) is 34.4 Å². The molecule has 0 saturated heterocycles. The fourth-order valence-corrected chi connectivity index (χ4v) is 7.70. The molecule has 6 aromatic rings. The Kier molecular flexibility index (Phi) is 12.5. The maximum absolute atomic E-state index is 5.29. The van der Waals surface area contributed by atoms with Crippen LogP contribution in [0.1, 0.15) is 129 Å². The van der Waals surface area contributed by atoms with Crippen LogP contribution in [0.2, 0.25) is 0 Å². The number of fused-ring (bicyclic) bond motifs is 3. The standard InChI is InChI=1S/C32H40N3.C16H16N.Au/c1-21(2)26-16-12-17-27(22(3)4)30(26)34-20-35(33-32(34)25-14-10-9-11-15-25)31-28(23(5)6)18-13-19-29(31)24(7)8;1-9-5-11(3)15-13(7-9)14-8-10(2)6-12(4)16(14)17-15;/h9-24H,1-8H3;5-8H,1-4H3;/q2*-1;. The minimum absolute atomic E-state index is 0. The Morgan fingerprint density at radius 2 is 0.943 bits per heavy atom. The van der Waals surface area contributed by atoms with Gasteiger partial charge in [0.1, 0.15) is 5.84 Å². The number of aromatic nitrogens is 1. The number of benzene rings is 5. The average molecular weight is 886 g/mol. The van der Waals surface area contributed by atoms with Crippen molar-refractivity contribution in [2.75, 3.05) is 9.91 Å². The van der Waals surface area contributed by atoms with Crippen LogP contribution in [0.3, 0.4) is 0 Å². The number of anilines is 2. The molecule has 1 aliphatic heterocycles. The van der Waals surface area contributed by atoms with Gasteiger partial charge in [-0.05, 0) is 84.4 Å². The summed E-state index contributed by atoms with van der Waals surface area (Å²) in [6, 6.07) is 32.9. The van der Waals surface area contributed by atoms with Crippen molar-refractivity contribution in [3.8, 4) is 0 Å². The van der Waals surface area contributed by atoms with Crippen molar-refractivity contribution < 1.29 is 22.4 Å². The van der Waals surface area contributed by atoms with E-state index in [1.165, 1.54) is 66.7 Å². The van der Waals surface area contributed by atoms with Gasteiger partial charge in [0.05, 0.1) is 0 Å². The number of rotatable bonds is 7. The maximum Gasteiger partial charge on any atom is 0.129 e. The first-order valence-electron chi connectivity index (χ1n) is 19.0. The molecular formula is C48H56AuN4-2. The Morgan fingerprint density at radius 1 is 0.528 bits per heavy atom. The summed E-state index contributed by atoms with van der Waals surface area (Å²) in [5.74, 6) is 2.56. The van der Waals surface area contributed by atoms with Gasteiger partial charge in [-0.15, -0.1) is 17.7 Å². The molecule has 5 aromatic carbocycles. The van der Waals surface area contributed by atoms with Gasteiger partial charge in [-0.25, -0.2) is 0 Å². The summed E-state index contributed by atoms with van der Waals surface area (Å²) in [4.78, 5) is 7.13. The molecule has 53 heavy (non-hydrogen) atoms. The first-order chi connectivity index (χ1) is 24.8. The summed E-state index contributed by atoms with van der Waals surface area (Å²) in [7, 11) is 0. The van der Waals surface area contributed by atoms with E-state index >= 15 is 0 Å². The molecule has 1 radical (unpaired) electrons. The van der Waals surface area contributed by atoms with Gasteiger partial charge < -0.3 is 14.9 Å². The Labute approximate surface area is 334 Å². The molecule has 0 N–H and O–H groups in total.